The monoisotopic (exact) mass is 325 g/mol. The number of nitrogens with one attached hydrogen (secondary N) is 1. The SMILES string of the molecule is Cn1ncc(-c2ccc3c(=O)[nH]nc(CN)c3c2)c1OCC1CC1. The number of hydrogen-bond acceptors (Lipinski definition) is 5. The van der Waals surface area contributed by atoms with Gasteiger partial charge in [-0.3, -0.25) is 4.79 Å². The van der Waals surface area contributed by atoms with Crippen LogP contribution in [0.5, 0.6) is 5.88 Å². The Morgan fingerprint density at radius 1 is 1.38 bits per heavy atom. The van der Waals surface area contributed by atoms with Crippen LogP contribution >= 0.6 is 0 Å². The molecule has 24 heavy (non-hydrogen) atoms. The fraction of sp³-hybridized carbons (Fsp3) is 0.353. The van der Waals surface area contributed by atoms with Gasteiger partial charge in [-0.25, -0.2) is 9.78 Å². The van der Waals surface area contributed by atoms with E-state index in [1.165, 1.54) is 12.8 Å². The Hall–Kier alpha value is -2.67. The van der Waals surface area contributed by atoms with E-state index < -0.39 is 0 Å². The zero-order valence-corrected chi connectivity index (χ0v) is 13.5. The lowest BCUT2D eigenvalue weighted by Gasteiger charge is -2.10. The van der Waals surface area contributed by atoms with Gasteiger partial charge in [0, 0.05) is 19.0 Å². The van der Waals surface area contributed by atoms with Crippen molar-refractivity contribution in [3.05, 3.63) is 40.4 Å². The third kappa shape index (κ3) is 2.56. The minimum absolute atomic E-state index is 0.217. The Bertz CT molecular complexity index is 955. The highest BCUT2D eigenvalue weighted by atomic mass is 16.5. The number of fused-ring (bicyclic) bond motifs is 1. The summed E-state index contributed by atoms with van der Waals surface area (Å²) in [5.74, 6) is 1.41. The lowest BCUT2D eigenvalue weighted by Crippen LogP contribution is -2.13. The molecule has 0 bridgehead atoms. The number of nitrogens with two attached hydrogens (primary N) is 1. The van der Waals surface area contributed by atoms with E-state index in [0.29, 0.717) is 17.0 Å². The van der Waals surface area contributed by atoms with E-state index >= 15 is 0 Å². The van der Waals surface area contributed by atoms with Crippen molar-refractivity contribution in [1.82, 2.24) is 20.0 Å². The van der Waals surface area contributed by atoms with Gasteiger partial charge in [-0.1, -0.05) is 6.07 Å². The Kier molecular flexibility index (Phi) is 3.57. The predicted octanol–water partition coefficient (Wildman–Crippen LogP) is 1.57. The molecule has 7 heteroatoms. The lowest BCUT2D eigenvalue weighted by molar-refractivity contribution is 0.276. The molecule has 3 N–H and O–H groups in total. The summed E-state index contributed by atoms with van der Waals surface area (Å²) in [5.41, 5.74) is 8.04. The van der Waals surface area contributed by atoms with Crippen molar-refractivity contribution < 1.29 is 4.74 Å². The van der Waals surface area contributed by atoms with Gasteiger partial charge in [-0.15, -0.1) is 0 Å². The van der Waals surface area contributed by atoms with E-state index in [1.54, 1.807) is 16.9 Å². The lowest BCUT2D eigenvalue weighted by atomic mass is 10.0. The highest BCUT2D eigenvalue weighted by molar-refractivity contribution is 5.88. The second-order valence-corrected chi connectivity index (χ2v) is 6.21. The average Bonchev–Trinajstić information content (AvgIpc) is 3.35. The maximum atomic E-state index is 12.0. The van der Waals surface area contributed by atoms with Crippen LogP contribution in [0, 0.1) is 5.92 Å². The van der Waals surface area contributed by atoms with Crippen molar-refractivity contribution >= 4 is 10.8 Å². The van der Waals surface area contributed by atoms with Gasteiger partial charge in [0.15, 0.2) is 0 Å². The van der Waals surface area contributed by atoms with Crippen molar-refractivity contribution in [1.29, 1.82) is 0 Å². The summed E-state index contributed by atoms with van der Waals surface area (Å²) >= 11 is 0. The Morgan fingerprint density at radius 2 is 2.21 bits per heavy atom. The van der Waals surface area contributed by atoms with Crippen molar-refractivity contribution in [2.45, 2.75) is 19.4 Å². The number of ether oxygens (including phenoxy) is 1. The van der Waals surface area contributed by atoms with Crippen LogP contribution in [0.4, 0.5) is 0 Å². The van der Waals surface area contributed by atoms with Crippen molar-refractivity contribution in [2.24, 2.45) is 18.7 Å². The molecule has 0 radical (unpaired) electrons. The van der Waals surface area contributed by atoms with E-state index in [1.807, 2.05) is 19.2 Å². The molecule has 0 spiro atoms. The molecule has 124 valence electrons. The highest BCUT2D eigenvalue weighted by Crippen LogP contribution is 2.34. The summed E-state index contributed by atoms with van der Waals surface area (Å²) in [7, 11) is 1.87. The second kappa shape index (κ2) is 5.76. The molecule has 2 aromatic heterocycles. The van der Waals surface area contributed by atoms with Crippen LogP contribution in [0.25, 0.3) is 21.9 Å². The van der Waals surface area contributed by atoms with Gasteiger partial charge in [-0.2, -0.15) is 10.2 Å². The van der Waals surface area contributed by atoms with Crippen LogP contribution in [0.1, 0.15) is 18.5 Å². The molecule has 1 aromatic carbocycles. The first kappa shape index (κ1) is 14.9. The molecule has 1 saturated carbocycles. The van der Waals surface area contributed by atoms with Crippen LogP contribution < -0.4 is 16.0 Å². The van der Waals surface area contributed by atoms with E-state index in [4.69, 9.17) is 10.5 Å². The molecule has 2 heterocycles. The standard InChI is InChI=1S/C17H19N5O2/c1-22-17(24-9-10-2-3-10)14(8-19-22)11-4-5-12-13(6-11)15(7-18)20-21-16(12)23/h4-6,8,10H,2-3,7,9,18H2,1H3,(H,21,23). The zero-order valence-electron chi connectivity index (χ0n) is 13.5. The zero-order chi connectivity index (χ0) is 16.7. The molecule has 3 aromatic rings. The minimum Gasteiger partial charge on any atom is -0.477 e. The summed E-state index contributed by atoms with van der Waals surface area (Å²) in [6, 6.07) is 5.63. The van der Waals surface area contributed by atoms with Gasteiger partial charge >= 0.3 is 0 Å². The third-order valence-electron chi connectivity index (χ3n) is 4.41. The summed E-state index contributed by atoms with van der Waals surface area (Å²) in [5, 5.41) is 12.2. The fourth-order valence-corrected chi connectivity index (χ4v) is 2.82. The highest BCUT2D eigenvalue weighted by Gasteiger charge is 2.23. The van der Waals surface area contributed by atoms with Crippen molar-refractivity contribution in [3.8, 4) is 17.0 Å². The molecule has 4 rings (SSSR count). The first-order valence-corrected chi connectivity index (χ1v) is 8.04. The van der Waals surface area contributed by atoms with Crippen LogP contribution in [-0.4, -0.2) is 26.6 Å². The van der Waals surface area contributed by atoms with Crippen LogP contribution in [0.3, 0.4) is 0 Å². The van der Waals surface area contributed by atoms with Gasteiger partial charge in [-0.05, 0) is 36.5 Å². The van der Waals surface area contributed by atoms with Gasteiger partial charge in [0.2, 0.25) is 5.88 Å². The number of rotatable bonds is 5. The fourth-order valence-electron chi connectivity index (χ4n) is 2.82. The molecule has 0 atom stereocenters. The molecule has 1 aliphatic rings. The molecular formula is C17H19N5O2. The maximum absolute atomic E-state index is 12.0. The number of aromatic nitrogens is 4. The number of H-pyrrole nitrogens is 1. The number of nitrogens with zero attached hydrogens (tertiary/aromatic N) is 3. The number of aromatic amines is 1. The molecule has 0 saturated heterocycles. The van der Waals surface area contributed by atoms with Gasteiger partial charge in [0.25, 0.3) is 5.56 Å². The Balaban J connectivity index is 1.80. The largest absolute Gasteiger partial charge is 0.477 e. The van der Waals surface area contributed by atoms with Crippen LogP contribution in [0.15, 0.2) is 29.2 Å². The van der Waals surface area contributed by atoms with Gasteiger partial charge in [0.05, 0.1) is 29.4 Å². The number of benzene rings is 1. The van der Waals surface area contributed by atoms with E-state index in [9.17, 15) is 4.79 Å². The van der Waals surface area contributed by atoms with Gasteiger partial charge < -0.3 is 10.5 Å². The minimum atomic E-state index is -0.217. The topological polar surface area (TPSA) is 98.8 Å². The first-order chi connectivity index (χ1) is 11.7. The number of hydrogen-bond donors (Lipinski definition) is 2. The van der Waals surface area contributed by atoms with E-state index in [2.05, 4.69) is 15.3 Å². The summed E-state index contributed by atoms with van der Waals surface area (Å²) < 4.78 is 7.71. The Labute approximate surface area is 138 Å². The first-order valence-electron chi connectivity index (χ1n) is 8.04. The molecule has 0 aliphatic heterocycles. The second-order valence-electron chi connectivity index (χ2n) is 6.21. The molecular weight excluding hydrogens is 306 g/mol. The molecule has 7 nitrogen and oxygen atoms in total. The predicted molar refractivity (Wildman–Crippen MR) is 90.7 cm³/mol. The van der Waals surface area contributed by atoms with Crippen LogP contribution in [0.2, 0.25) is 0 Å². The van der Waals surface area contributed by atoms with E-state index in [-0.39, 0.29) is 12.1 Å². The maximum Gasteiger partial charge on any atom is 0.272 e. The third-order valence-corrected chi connectivity index (χ3v) is 4.41. The quantitative estimate of drug-likeness (QED) is 0.742. The van der Waals surface area contributed by atoms with Crippen molar-refractivity contribution in [2.75, 3.05) is 6.61 Å². The molecule has 1 aliphatic carbocycles. The Morgan fingerprint density at radius 3 is 2.96 bits per heavy atom. The average molecular weight is 325 g/mol. The molecule has 0 amide bonds. The van der Waals surface area contributed by atoms with Crippen molar-refractivity contribution in [3.63, 3.8) is 0 Å². The van der Waals surface area contributed by atoms with Gasteiger partial charge in [0.1, 0.15) is 0 Å². The smallest absolute Gasteiger partial charge is 0.272 e. The summed E-state index contributed by atoms with van der Waals surface area (Å²) in [6.07, 6.45) is 4.25. The molecule has 0 unspecified atom stereocenters. The summed E-state index contributed by atoms with van der Waals surface area (Å²) in [6.45, 7) is 0.976. The number of aryl methyl sites for hydroxylation is 1. The van der Waals surface area contributed by atoms with Crippen LogP contribution in [-0.2, 0) is 13.6 Å². The normalized spacial score (nSPS) is 14.2. The summed E-state index contributed by atoms with van der Waals surface area (Å²) in [4.78, 5) is 12.0. The van der Waals surface area contributed by atoms with E-state index in [0.717, 1.165) is 29.0 Å². The molecule has 1 fully saturated rings.